The van der Waals surface area contributed by atoms with Crippen molar-refractivity contribution in [1.29, 1.82) is 0 Å². The highest BCUT2D eigenvalue weighted by Gasteiger charge is 2.26. The summed E-state index contributed by atoms with van der Waals surface area (Å²) >= 11 is 0. The molecule has 1 unspecified atom stereocenters. The van der Waals surface area contributed by atoms with Gasteiger partial charge in [0.15, 0.2) is 0 Å². The number of carbonyl (C=O) groups excluding carboxylic acids is 1. The van der Waals surface area contributed by atoms with Crippen molar-refractivity contribution in [3.8, 4) is 11.3 Å². The summed E-state index contributed by atoms with van der Waals surface area (Å²) < 4.78 is 4.96. The molecule has 1 aromatic carbocycles. The summed E-state index contributed by atoms with van der Waals surface area (Å²) in [5.41, 5.74) is 2.54. The Bertz CT molecular complexity index is 853. The molecule has 1 N–H and O–H groups in total. The predicted octanol–water partition coefficient (Wildman–Crippen LogP) is 2.50. The van der Waals surface area contributed by atoms with Crippen molar-refractivity contribution in [1.82, 2.24) is 14.9 Å². The van der Waals surface area contributed by atoms with E-state index in [0.29, 0.717) is 18.1 Å². The lowest BCUT2D eigenvalue weighted by Crippen LogP contribution is -2.41. The van der Waals surface area contributed by atoms with Crippen LogP contribution in [0.15, 0.2) is 30.3 Å². The zero-order valence-electron chi connectivity index (χ0n) is 15.5. The van der Waals surface area contributed by atoms with Crippen molar-refractivity contribution < 1.29 is 19.4 Å². The van der Waals surface area contributed by atoms with E-state index in [1.165, 1.54) is 7.11 Å². The first kappa shape index (κ1) is 19.0. The molecule has 7 nitrogen and oxygen atoms in total. The molecule has 1 fully saturated rings. The van der Waals surface area contributed by atoms with Crippen LogP contribution in [0.1, 0.15) is 40.6 Å². The maximum Gasteiger partial charge on any atom is 0.335 e. The maximum absolute atomic E-state index is 12.1. The number of aryl methyl sites for hydroxylation is 1. The molecule has 0 saturated carbocycles. The first-order chi connectivity index (χ1) is 13.0. The van der Waals surface area contributed by atoms with Crippen LogP contribution in [0, 0.1) is 6.92 Å². The number of hydrogen-bond acceptors (Lipinski definition) is 5. The Labute approximate surface area is 158 Å². The Morgan fingerprint density at radius 2 is 2.11 bits per heavy atom. The number of carbonyl (C=O) groups is 2. The lowest BCUT2D eigenvalue weighted by molar-refractivity contribution is -0.136. The number of ether oxygens (including phenoxy) is 1. The van der Waals surface area contributed by atoms with Gasteiger partial charge in [-0.15, -0.1) is 0 Å². The molecular formula is C20H23N3O4. The standard InChI is InChI=1S/C20H23N3O4/c1-13-21-17(14-5-3-6-15(9-14)20(25)26)10-18(22-13)16-7-4-8-23(11-16)19(24)12-27-2/h3,5-6,9-10,16H,4,7-8,11-12H2,1-2H3,(H,25,26). The van der Waals surface area contributed by atoms with E-state index < -0.39 is 5.97 Å². The van der Waals surface area contributed by atoms with E-state index in [1.54, 1.807) is 18.2 Å². The largest absolute Gasteiger partial charge is 0.478 e. The molecule has 7 heteroatoms. The molecule has 0 spiro atoms. The number of methoxy groups -OCH3 is 1. The van der Waals surface area contributed by atoms with Crippen molar-refractivity contribution in [3.63, 3.8) is 0 Å². The molecule has 1 aliphatic heterocycles. The molecule has 1 aromatic heterocycles. The van der Waals surface area contributed by atoms with Crippen molar-refractivity contribution in [2.75, 3.05) is 26.8 Å². The van der Waals surface area contributed by atoms with Crippen LogP contribution in [0.25, 0.3) is 11.3 Å². The van der Waals surface area contributed by atoms with E-state index in [9.17, 15) is 14.7 Å². The average Bonchev–Trinajstić information content (AvgIpc) is 2.68. The maximum atomic E-state index is 12.1. The quantitative estimate of drug-likeness (QED) is 0.870. The molecular weight excluding hydrogens is 346 g/mol. The molecule has 2 heterocycles. The Hall–Kier alpha value is -2.80. The number of carboxylic acids is 1. The van der Waals surface area contributed by atoms with Gasteiger partial charge in [0.1, 0.15) is 12.4 Å². The van der Waals surface area contributed by atoms with Crippen LogP contribution in [-0.2, 0) is 9.53 Å². The fourth-order valence-corrected chi connectivity index (χ4v) is 3.42. The second-order valence-electron chi connectivity index (χ2n) is 6.72. The van der Waals surface area contributed by atoms with Gasteiger partial charge in [-0.2, -0.15) is 0 Å². The number of hydrogen-bond donors (Lipinski definition) is 1. The smallest absolute Gasteiger partial charge is 0.335 e. The van der Waals surface area contributed by atoms with E-state index in [4.69, 9.17) is 4.74 Å². The van der Waals surface area contributed by atoms with Gasteiger partial charge in [-0.3, -0.25) is 4.79 Å². The number of nitrogens with zero attached hydrogens (tertiary/aromatic N) is 3. The summed E-state index contributed by atoms with van der Waals surface area (Å²) in [5, 5.41) is 9.21. The number of benzene rings is 1. The van der Waals surface area contributed by atoms with Gasteiger partial charge in [0.2, 0.25) is 5.91 Å². The highest BCUT2D eigenvalue weighted by Crippen LogP contribution is 2.28. The molecule has 0 bridgehead atoms. The summed E-state index contributed by atoms with van der Waals surface area (Å²) in [7, 11) is 1.52. The summed E-state index contributed by atoms with van der Waals surface area (Å²) in [6.45, 7) is 3.25. The Kier molecular flexibility index (Phi) is 5.81. The zero-order valence-corrected chi connectivity index (χ0v) is 15.5. The number of aromatic carboxylic acids is 1. The Morgan fingerprint density at radius 3 is 2.85 bits per heavy atom. The van der Waals surface area contributed by atoms with Crippen LogP contribution in [0.4, 0.5) is 0 Å². The number of amides is 1. The van der Waals surface area contributed by atoms with Crippen LogP contribution in [-0.4, -0.2) is 58.7 Å². The molecule has 142 valence electrons. The van der Waals surface area contributed by atoms with Crippen LogP contribution in [0.3, 0.4) is 0 Å². The minimum Gasteiger partial charge on any atom is -0.478 e. The summed E-state index contributed by atoms with van der Waals surface area (Å²) in [5.74, 6) is -0.226. The molecule has 3 rings (SSSR count). The molecule has 2 aromatic rings. The minimum absolute atomic E-state index is 0.0117. The number of aromatic nitrogens is 2. The van der Waals surface area contributed by atoms with Gasteiger partial charge in [-0.25, -0.2) is 14.8 Å². The zero-order chi connectivity index (χ0) is 19.4. The predicted molar refractivity (Wildman–Crippen MR) is 99.6 cm³/mol. The van der Waals surface area contributed by atoms with Crippen LogP contribution >= 0.6 is 0 Å². The SMILES string of the molecule is COCC(=O)N1CCCC(c2cc(-c3cccc(C(=O)O)c3)nc(C)n2)C1. The monoisotopic (exact) mass is 369 g/mol. The summed E-state index contributed by atoms with van der Waals surface area (Å²) in [6.07, 6.45) is 1.86. The lowest BCUT2D eigenvalue weighted by Gasteiger charge is -2.32. The van der Waals surface area contributed by atoms with E-state index in [2.05, 4.69) is 9.97 Å². The normalized spacial score (nSPS) is 17.0. The van der Waals surface area contributed by atoms with Gasteiger partial charge < -0.3 is 14.7 Å². The first-order valence-electron chi connectivity index (χ1n) is 8.94. The van der Waals surface area contributed by atoms with E-state index in [0.717, 1.165) is 30.6 Å². The van der Waals surface area contributed by atoms with Gasteiger partial charge in [-0.1, -0.05) is 12.1 Å². The Morgan fingerprint density at radius 1 is 1.30 bits per heavy atom. The second-order valence-corrected chi connectivity index (χ2v) is 6.72. The van der Waals surface area contributed by atoms with Gasteiger partial charge >= 0.3 is 5.97 Å². The topological polar surface area (TPSA) is 92.6 Å². The average molecular weight is 369 g/mol. The number of rotatable bonds is 5. The van der Waals surface area contributed by atoms with Crippen molar-refractivity contribution in [2.24, 2.45) is 0 Å². The van der Waals surface area contributed by atoms with Crippen molar-refractivity contribution in [3.05, 3.63) is 47.4 Å². The third-order valence-corrected chi connectivity index (χ3v) is 4.72. The summed E-state index contributed by atoms with van der Waals surface area (Å²) in [6, 6.07) is 8.63. The highest BCUT2D eigenvalue weighted by atomic mass is 16.5. The van der Waals surface area contributed by atoms with Gasteiger partial charge in [0, 0.05) is 37.4 Å². The molecule has 27 heavy (non-hydrogen) atoms. The van der Waals surface area contributed by atoms with E-state index in [-0.39, 0.29) is 24.0 Å². The lowest BCUT2D eigenvalue weighted by atomic mass is 9.93. The van der Waals surface area contributed by atoms with Crippen LogP contribution in [0.2, 0.25) is 0 Å². The minimum atomic E-state index is -0.970. The number of piperidine rings is 1. The molecule has 0 aliphatic carbocycles. The highest BCUT2D eigenvalue weighted by molar-refractivity contribution is 5.89. The first-order valence-corrected chi connectivity index (χ1v) is 8.94. The van der Waals surface area contributed by atoms with Gasteiger partial charge in [-0.05, 0) is 38.0 Å². The van der Waals surface area contributed by atoms with Gasteiger partial charge in [0.05, 0.1) is 11.3 Å². The molecule has 1 atom stereocenters. The molecule has 1 amide bonds. The molecule has 0 radical (unpaired) electrons. The second kappa shape index (κ2) is 8.26. The van der Waals surface area contributed by atoms with Crippen LogP contribution < -0.4 is 0 Å². The van der Waals surface area contributed by atoms with Crippen LogP contribution in [0.5, 0.6) is 0 Å². The third kappa shape index (κ3) is 4.49. The Balaban J connectivity index is 1.88. The van der Waals surface area contributed by atoms with E-state index >= 15 is 0 Å². The molecule has 1 saturated heterocycles. The van der Waals surface area contributed by atoms with Crippen molar-refractivity contribution >= 4 is 11.9 Å². The number of carboxylic acid groups (broad SMARTS) is 1. The van der Waals surface area contributed by atoms with Gasteiger partial charge in [0.25, 0.3) is 0 Å². The third-order valence-electron chi connectivity index (χ3n) is 4.72. The summed E-state index contributed by atoms with van der Waals surface area (Å²) in [4.78, 5) is 34.3. The van der Waals surface area contributed by atoms with Crippen molar-refractivity contribution in [2.45, 2.75) is 25.7 Å². The fraction of sp³-hybridized carbons (Fsp3) is 0.400. The fourth-order valence-electron chi connectivity index (χ4n) is 3.42. The molecule has 1 aliphatic rings. The van der Waals surface area contributed by atoms with E-state index in [1.807, 2.05) is 24.0 Å². The number of likely N-dealkylation sites (tertiary alicyclic amines) is 1.